The van der Waals surface area contributed by atoms with E-state index < -0.39 is 18.4 Å². The molecule has 6 nitrogen and oxygen atoms in total. The number of nitrogens with zero attached hydrogens (tertiary/aromatic N) is 1. The average molecular weight is 459 g/mol. The van der Waals surface area contributed by atoms with Crippen LogP contribution < -0.4 is 5.32 Å². The molecule has 4 rings (SSSR count). The fourth-order valence-electron chi connectivity index (χ4n) is 3.51. The van der Waals surface area contributed by atoms with Crippen LogP contribution in [0.1, 0.15) is 29.1 Å². The summed E-state index contributed by atoms with van der Waals surface area (Å²) in [5, 5.41) is 24.9. The number of anilines is 2. The van der Waals surface area contributed by atoms with Gasteiger partial charge in [0.25, 0.3) is 0 Å². The van der Waals surface area contributed by atoms with Gasteiger partial charge in [0, 0.05) is 16.8 Å². The second-order valence-corrected chi connectivity index (χ2v) is 7.91. The fourth-order valence-corrected chi connectivity index (χ4v) is 4.01. The van der Waals surface area contributed by atoms with E-state index in [0.29, 0.717) is 38.1 Å². The number of halogens is 2. The topological polar surface area (TPSA) is 82.0 Å². The Labute approximate surface area is 189 Å². The van der Waals surface area contributed by atoms with Crippen molar-refractivity contribution in [2.45, 2.75) is 18.9 Å². The van der Waals surface area contributed by atoms with Gasteiger partial charge in [-0.15, -0.1) is 0 Å². The molecule has 160 valence electrons. The van der Waals surface area contributed by atoms with Gasteiger partial charge in [-0.3, -0.25) is 4.79 Å². The molecule has 1 heterocycles. The highest BCUT2D eigenvalue weighted by atomic mass is 35.5. The lowest BCUT2D eigenvalue weighted by Gasteiger charge is -2.23. The molecule has 0 amide bonds. The van der Waals surface area contributed by atoms with E-state index in [1.54, 1.807) is 48.5 Å². The van der Waals surface area contributed by atoms with E-state index >= 15 is 0 Å². The summed E-state index contributed by atoms with van der Waals surface area (Å²) in [7, 11) is 0. The van der Waals surface area contributed by atoms with Crippen molar-refractivity contribution in [3.8, 4) is 0 Å². The van der Waals surface area contributed by atoms with Gasteiger partial charge in [0.1, 0.15) is 19.2 Å². The summed E-state index contributed by atoms with van der Waals surface area (Å²) in [6.07, 6.45) is -2.11. The van der Waals surface area contributed by atoms with Crippen molar-refractivity contribution in [2.75, 3.05) is 12.0 Å². The predicted octanol–water partition coefficient (Wildman–Crippen LogP) is 4.78. The van der Waals surface area contributed by atoms with Crippen LogP contribution in [0, 0.1) is 0 Å². The maximum absolute atomic E-state index is 12.5. The first-order valence-electron chi connectivity index (χ1n) is 9.61. The van der Waals surface area contributed by atoms with Gasteiger partial charge in [-0.2, -0.15) is 0 Å². The summed E-state index contributed by atoms with van der Waals surface area (Å²) in [6.45, 7) is -0.248. The zero-order valence-corrected chi connectivity index (χ0v) is 17.8. The molecule has 2 atom stereocenters. The van der Waals surface area contributed by atoms with E-state index in [9.17, 15) is 15.0 Å². The molecule has 3 aromatic carbocycles. The number of hydrogen-bond acceptors (Lipinski definition) is 6. The molecule has 0 saturated heterocycles. The van der Waals surface area contributed by atoms with Gasteiger partial charge in [-0.1, -0.05) is 71.7 Å². The van der Waals surface area contributed by atoms with E-state index in [4.69, 9.17) is 27.9 Å². The third-order valence-corrected chi connectivity index (χ3v) is 5.76. The first kappa shape index (κ1) is 21.6. The van der Waals surface area contributed by atoms with E-state index in [2.05, 4.69) is 5.32 Å². The Balaban J connectivity index is 1.42. The molecule has 0 radical (unpaired) electrons. The number of carbonyl (C=O) groups excluding carboxylic acids is 1. The summed E-state index contributed by atoms with van der Waals surface area (Å²) in [4.78, 5) is 13.8. The molecule has 8 heteroatoms. The maximum atomic E-state index is 12.5. The number of esters is 1. The van der Waals surface area contributed by atoms with Crippen LogP contribution in [0.5, 0.6) is 0 Å². The van der Waals surface area contributed by atoms with E-state index in [1.807, 2.05) is 18.2 Å². The Hall–Kier alpha value is -2.61. The molecule has 1 aliphatic heterocycles. The van der Waals surface area contributed by atoms with Crippen LogP contribution in [0.25, 0.3) is 0 Å². The molecule has 0 spiro atoms. The summed E-state index contributed by atoms with van der Waals surface area (Å²) in [5.74, 6) is -0.505. The van der Waals surface area contributed by atoms with Crippen LogP contribution in [-0.4, -0.2) is 27.8 Å². The number of aliphatic hydroxyl groups is 2. The Morgan fingerprint density at radius 3 is 2.13 bits per heavy atom. The molecule has 0 saturated carbocycles. The van der Waals surface area contributed by atoms with Crippen molar-refractivity contribution in [2.24, 2.45) is 0 Å². The highest BCUT2D eigenvalue weighted by Crippen LogP contribution is 2.38. The number of rotatable bonds is 6. The number of ether oxygens (including phenoxy) is 1. The Morgan fingerprint density at radius 2 is 1.48 bits per heavy atom. The molecule has 0 aliphatic carbocycles. The van der Waals surface area contributed by atoms with Gasteiger partial charge >= 0.3 is 5.97 Å². The van der Waals surface area contributed by atoms with Gasteiger partial charge in [-0.25, -0.2) is 4.90 Å². The molecule has 0 fully saturated rings. The number of nitrogens with one attached hydrogen (secondary N) is 1. The average Bonchev–Trinajstić information content (AvgIpc) is 3.01. The number of para-hydroxylation sites is 2. The number of carbonyl (C=O) groups is 1. The Bertz CT molecular complexity index is 1060. The first-order chi connectivity index (χ1) is 15.0. The molecule has 2 unspecified atom stereocenters. The van der Waals surface area contributed by atoms with Gasteiger partial charge in [0.2, 0.25) is 0 Å². The van der Waals surface area contributed by atoms with Crippen LogP contribution in [0.2, 0.25) is 10.0 Å². The molecular weight excluding hydrogens is 439 g/mol. The molecular formula is C23H20Cl2N2O4. The number of fused-ring (bicyclic) bond motifs is 1. The lowest BCUT2D eigenvalue weighted by Crippen LogP contribution is -2.30. The van der Waals surface area contributed by atoms with E-state index in [0.717, 1.165) is 0 Å². The standard InChI is InChI=1S/C23H20Cl2N2O4/c24-17-9-5-10-18(25)21(17)26-19-11-4-1-6-14(19)12-20(28)31-13-27-22(29)15-7-2-3-8-16(15)23(27)30/h1-11,22-23,26,29-30H,12-13H2. The first-order valence-corrected chi connectivity index (χ1v) is 10.4. The van der Waals surface area contributed by atoms with Crippen molar-refractivity contribution in [1.29, 1.82) is 0 Å². The van der Waals surface area contributed by atoms with Crippen LogP contribution in [0.3, 0.4) is 0 Å². The van der Waals surface area contributed by atoms with Gasteiger partial charge < -0.3 is 20.3 Å². The van der Waals surface area contributed by atoms with Crippen molar-refractivity contribution >= 4 is 40.5 Å². The van der Waals surface area contributed by atoms with Crippen molar-refractivity contribution in [3.05, 3.63) is 93.5 Å². The highest BCUT2D eigenvalue weighted by Gasteiger charge is 2.36. The SMILES string of the molecule is O=C(Cc1ccccc1Nc1c(Cl)cccc1Cl)OCN1C(O)c2ccccc2C1O. The minimum Gasteiger partial charge on any atom is -0.449 e. The fraction of sp³-hybridized carbons (Fsp3) is 0.174. The second-order valence-electron chi connectivity index (χ2n) is 7.09. The quantitative estimate of drug-likeness (QED) is 0.461. The third-order valence-electron chi connectivity index (χ3n) is 5.13. The van der Waals surface area contributed by atoms with Gasteiger partial charge in [-0.05, 0) is 23.8 Å². The lowest BCUT2D eigenvalue weighted by atomic mass is 10.1. The van der Waals surface area contributed by atoms with E-state index in [-0.39, 0.29) is 13.2 Å². The Kier molecular flexibility index (Phi) is 6.46. The zero-order valence-electron chi connectivity index (χ0n) is 16.3. The third kappa shape index (κ3) is 4.54. The van der Waals surface area contributed by atoms with Gasteiger partial charge in [0.15, 0.2) is 0 Å². The van der Waals surface area contributed by atoms with Crippen LogP contribution in [-0.2, 0) is 16.0 Å². The highest BCUT2D eigenvalue weighted by molar-refractivity contribution is 6.39. The summed E-state index contributed by atoms with van der Waals surface area (Å²) < 4.78 is 5.34. The number of hydrogen-bond donors (Lipinski definition) is 3. The predicted molar refractivity (Wildman–Crippen MR) is 119 cm³/mol. The minimum absolute atomic E-state index is 0.0157. The zero-order chi connectivity index (χ0) is 22.0. The summed E-state index contributed by atoms with van der Waals surface area (Å²) in [6, 6.07) is 19.4. The molecule has 31 heavy (non-hydrogen) atoms. The maximum Gasteiger partial charge on any atom is 0.311 e. The normalized spacial score (nSPS) is 17.9. The molecule has 0 bridgehead atoms. The van der Waals surface area contributed by atoms with Crippen LogP contribution in [0.15, 0.2) is 66.7 Å². The van der Waals surface area contributed by atoms with Gasteiger partial charge in [0.05, 0.1) is 22.2 Å². The second kappa shape index (κ2) is 9.26. The molecule has 1 aliphatic rings. The monoisotopic (exact) mass is 458 g/mol. The smallest absolute Gasteiger partial charge is 0.311 e. The summed E-state index contributed by atoms with van der Waals surface area (Å²) >= 11 is 12.5. The summed E-state index contributed by atoms with van der Waals surface area (Å²) in [5.41, 5.74) is 3.10. The van der Waals surface area contributed by atoms with Crippen LogP contribution in [0.4, 0.5) is 11.4 Å². The number of benzene rings is 3. The van der Waals surface area contributed by atoms with Crippen molar-refractivity contribution in [1.82, 2.24) is 4.90 Å². The number of aliphatic hydroxyl groups excluding tert-OH is 2. The van der Waals surface area contributed by atoms with E-state index in [1.165, 1.54) is 4.90 Å². The lowest BCUT2D eigenvalue weighted by molar-refractivity contribution is -0.167. The minimum atomic E-state index is -1.05. The molecule has 3 N–H and O–H groups in total. The molecule has 0 aromatic heterocycles. The van der Waals surface area contributed by atoms with Crippen LogP contribution >= 0.6 is 23.2 Å². The van der Waals surface area contributed by atoms with Crippen molar-refractivity contribution in [3.63, 3.8) is 0 Å². The molecule has 3 aromatic rings. The van der Waals surface area contributed by atoms with Crippen molar-refractivity contribution < 1.29 is 19.7 Å². The Morgan fingerprint density at radius 1 is 0.903 bits per heavy atom. The largest absolute Gasteiger partial charge is 0.449 e.